The van der Waals surface area contributed by atoms with Crippen molar-refractivity contribution in [1.29, 1.82) is 0 Å². The third-order valence-corrected chi connectivity index (χ3v) is 5.40. The fraction of sp³-hybridized carbons (Fsp3) is 0.500. The van der Waals surface area contributed by atoms with Gasteiger partial charge in [-0.05, 0) is 40.7 Å². The van der Waals surface area contributed by atoms with Gasteiger partial charge in [0.2, 0.25) is 0 Å². The molecular formula is C22H30N6O2. The maximum Gasteiger partial charge on any atom is 0.410 e. The van der Waals surface area contributed by atoms with Crippen LogP contribution in [0.1, 0.15) is 34.6 Å². The zero-order chi connectivity index (χ0) is 21.6. The SMILES string of the molecule is C[C@@H]1CN(c2cnn3cc(-c4cnn(C)c4)ccc23)C[C@@H](C)N1C(=O)OC(C)(C)C. The van der Waals surface area contributed by atoms with Crippen LogP contribution in [-0.4, -0.2) is 61.2 Å². The van der Waals surface area contributed by atoms with E-state index in [1.807, 2.05) is 62.0 Å². The van der Waals surface area contributed by atoms with E-state index in [0.29, 0.717) is 0 Å². The maximum atomic E-state index is 12.7. The molecule has 1 aliphatic rings. The molecule has 3 aromatic rings. The molecule has 4 heterocycles. The summed E-state index contributed by atoms with van der Waals surface area (Å²) >= 11 is 0. The number of rotatable bonds is 2. The second-order valence-corrected chi connectivity index (χ2v) is 9.17. The predicted molar refractivity (Wildman–Crippen MR) is 117 cm³/mol. The van der Waals surface area contributed by atoms with Gasteiger partial charge in [0.25, 0.3) is 0 Å². The number of nitrogens with zero attached hydrogens (tertiary/aromatic N) is 6. The molecule has 0 spiro atoms. The molecule has 0 bridgehead atoms. The molecule has 160 valence electrons. The van der Waals surface area contributed by atoms with Crippen molar-refractivity contribution < 1.29 is 9.53 Å². The number of ether oxygens (including phenoxy) is 1. The lowest BCUT2D eigenvalue weighted by Gasteiger charge is -2.45. The number of amides is 1. The molecular weight excluding hydrogens is 380 g/mol. The van der Waals surface area contributed by atoms with Crippen molar-refractivity contribution in [3.05, 3.63) is 36.9 Å². The van der Waals surface area contributed by atoms with Gasteiger partial charge in [0.15, 0.2) is 0 Å². The van der Waals surface area contributed by atoms with Crippen LogP contribution in [-0.2, 0) is 11.8 Å². The summed E-state index contributed by atoms with van der Waals surface area (Å²) in [5, 5.41) is 8.83. The average Bonchev–Trinajstić information content (AvgIpc) is 3.25. The molecule has 1 saturated heterocycles. The number of hydrogen-bond donors (Lipinski definition) is 0. The average molecular weight is 411 g/mol. The van der Waals surface area contributed by atoms with E-state index in [9.17, 15) is 4.79 Å². The molecule has 0 aliphatic carbocycles. The molecule has 1 fully saturated rings. The summed E-state index contributed by atoms with van der Waals surface area (Å²) in [6.45, 7) is 11.3. The van der Waals surface area contributed by atoms with Crippen LogP contribution in [0.4, 0.5) is 10.5 Å². The summed E-state index contributed by atoms with van der Waals surface area (Å²) in [5.41, 5.74) is 3.76. The molecule has 1 amide bonds. The van der Waals surface area contributed by atoms with E-state index in [0.717, 1.165) is 35.4 Å². The summed E-state index contributed by atoms with van der Waals surface area (Å²) in [4.78, 5) is 16.8. The maximum absolute atomic E-state index is 12.7. The highest BCUT2D eigenvalue weighted by Crippen LogP contribution is 2.29. The van der Waals surface area contributed by atoms with E-state index in [-0.39, 0.29) is 18.2 Å². The normalized spacial score (nSPS) is 20.1. The molecule has 4 rings (SSSR count). The number of aryl methyl sites for hydroxylation is 1. The fourth-order valence-electron chi connectivity index (χ4n) is 4.15. The zero-order valence-electron chi connectivity index (χ0n) is 18.5. The Hall–Kier alpha value is -3.03. The van der Waals surface area contributed by atoms with Crippen LogP contribution < -0.4 is 4.90 Å². The third-order valence-electron chi connectivity index (χ3n) is 5.40. The van der Waals surface area contributed by atoms with Gasteiger partial charge in [-0.25, -0.2) is 9.31 Å². The Morgan fingerprint density at radius 3 is 2.33 bits per heavy atom. The van der Waals surface area contributed by atoms with Gasteiger partial charge in [0, 0.05) is 43.7 Å². The molecule has 0 saturated carbocycles. The van der Waals surface area contributed by atoms with Gasteiger partial charge in [-0.2, -0.15) is 10.2 Å². The number of fused-ring (bicyclic) bond motifs is 1. The minimum atomic E-state index is -0.498. The van der Waals surface area contributed by atoms with Gasteiger partial charge in [0.05, 0.1) is 35.7 Å². The van der Waals surface area contributed by atoms with Crippen LogP contribution in [0, 0.1) is 0 Å². The first-order valence-electron chi connectivity index (χ1n) is 10.3. The molecule has 2 atom stereocenters. The van der Waals surface area contributed by atoms with Crippen molar-refractivity contribution in [2.24, 2.45) is 7.05 Å². The Morgan fingerprint density at radius 1 is 1.03 bits per heavy atom. The van der Waals surface area contributed by atoms with Crippen molar-refractivity contribution in [1.82, 2.24) is 24.3 Å². The summed E-state index contributed by atoms with van der Waals surface area (Å²) in [7, 11) is 1.91. The number of aromatic nitrogens is 4. The first-order valence-corrected chi connectivity index (χ1v) is 10.3. The Labute approximate surface area is 177 Å². The van der Waals surface area contributed by atoms with Gasteiger partial charge in [-0.3, -0.25) is 9.58 Å². The van der Waals surface area contributed by atoms with E-state index in [2.05, 4.69) is 41.1 Å². The first kappa shape index (κ1) is 20.3. The molecule has 30 heavy (non-hydrogen) atoms. The fourth-order valence-corrected chi connectivity index (χ4v) is 4.15. The standard InChI is InChI=1S/C22H30N6O2/c1-15-11-26(12-16(2)28(15)21(29)30-22(3,4)5)20-10-24-27-14-17(7-8-19(20)27)18-9-23-25(6)13-18/h7-10,13-16H,11-12H2,1-6H3/t15-,16-/m1/s1. The van der Waals surface area contributed by atoms with E-state index in [1.54, 1.807) is 4.68 Å². The molecule has 3 aromatic heterocycles. The highest BCUT2D eigenvalue weighted by molar-refractivity contribution is 5.76. The highest BCUT2D eigenvalue weighted by Gasteiger charge is 2.36. The van der Waals surface area contributed by atoms with Crippen LogP contribution in [0.3, 0.4) is 0 Å². The van der Waals surface area contributed by atoms with Crippen molar-refractivity contribution in [2.75, 3.05) is 18.0 Å². The number of carbonyl (C=O) groups is 1. The molecule has 1 aliphatic heterocycles. The summed E-state index contributed by atoms with van der Waals surface area (Å²) < 4.78 is 9.32. The molecule has 0 aromatic carbocycles. The van der Waals surface area contributed by atoms with Crippen LogP contribution in [0.15, 0.2) is 36.9 Å². The molecule has 0 radical (unpaired) electrons. The first-order chi connectivity index (χ1) is 14.1. The van der Waals surface area contributed by atoms with E-state index in [4.69, 9.17) is 4.74 Å². The van der Waals surface area contributed by atoms with Gasteiger partial charge in [-0.1, -0.05) is 6.07 Å². The zero-order valence-corrected chi connectivity index (χ0v) is 18.5. The van der Waals surface area contributed by atoms with Crippen molar-refractivity contribution in [3.63, 3.8) is 0 Å². The second kappa shape index (κ2) is 7.34. The molecule has 0 N–H and O–H groups in total. The number of pyridine rings is 1. The van der Waals surface area contributed by atoms with Crippen LogP contribution in [0.25, 0.3) is 16.6 Å². The predicted octanol–water partition coefficient (Wildman–Crippen LogP) is 3.57. The van der Waals surface area contributed by atoms with Gasteiger partial charge in [0.1, 0.15) is 5.60 Å². The van der Waals surface area contributed by atoms with Crippen molar-refractivity contribution in [2.45, 2.75) is 52.3 Å². The Balaban J connectivity index is 1.56. The molecule has 8 nitrogen and oxygen atoms in total. The number of anilines is 1. The lowest BCUT2D eigenvalue weighted by molar-refractivity contribution is 0.00568. The van der Waals surface area contributed by atoms with Gasteiger partial charge >= 0.3 is 6.09 Å². The van der Waals surface area contributed by atoms with Crippen LogP contribution in [0.2, 0.25) is 0 Å². The van der Waals surface area contributed by atoms with Crippen LogP contribution in [0.5, 0.6) is 0 Å². The van der Waals surface area contributed by atoms with E-state index < -0.39 is 5.60 Å². The quantitative estimate of drug-likeness (QED) is 0.646. The van der Waals surface area contributed by atoms with Crippen molar-refractivity contribution in [3.8, 4) is 11.1 Å². The number of hydrogen-bond acceptors (Lipinski definition) is 5. The third kappa shape index (κ3) is 3.86. The largest absolute Gasteiger partial charge is 0.444 e. The lowest BCUT2D eigenvalue weighted by Crippen LogP contribution is -2.59. The summed E-state index contributed by atoms with van der Waals surface area (Å²) in [5.74, 6) is 0. The smallest absolute Gasteiger partial charge is 0.410 e. The monoisotopic (exact) mass is 410 g/mol. The molecule has 0 unspecified atom stereocenters. The van der Waals surface area contributed by atoms with E-state index >= 15 is 0 Å². The Bertz CT molecular complexity index is 1050. The minimum absolute atomic E-state index is 0.0354. The van der Waals surface area contributed by atoms with Gasteiger partial charge in [-0.15, -0.1) is 0 Å². The highest BCUT2D eigenvalue weighted by atomic mass is 16.6. The Morgan fingerprint density at radius 2 is 1.73 bits per heavy atom. The molecule has 8 heteroatoms. The summed E-state index contributed by atoms with van der Waals surface area (Å²) in [6.07, 6.45) is 7.53. The summed E-state index contributed by atoms with van der Waals surface area (Å²) in [6, 6.07) is 4.27. The number of carbonyl (C=O) groups excluding carboxylic acids is 1. The van der Waals surface area contributed by atoms with Crippen molar-refractivity contribution >= 4 is 17.3 Å². The second-order valence-electron chi connectivity index (χ2n) is 9.17. The number of piperazine rings is 1. The lowest BCUT2D eigenvalue weighted by atomic mass is 10.1. The Kier molecular flexibility index (Phi) is 4.95. The topological polar surface area (TPSA) is 67.9 Å². The van der Waals surface area contributed by atoms with Gasteiger partial charge < -0.3 is 9.64 Å². The minimum Gasteiger partial charge on any atom is -0.444 e. The van der Waals surface area contributed by atoms with E-state index in [1.165, 1.54) is 0 Å². The van der Waals surface area contributed by atoms with Crippen LogP contribution >= 0.6 is 0 Å².